The Morgan fingerprint density at radius 3 is 2.69 bits per heavy atom. The zero-order valence-corrected chi connectivity index (χ0v) is 11.5. The van der Waals surface area contributed by atoms with Crippen LogP contribution in [0.4, 0.5) is 0 Å². The van der Waals surface area contributed by atoms with Crippen molar-refractivity contribution < 1.29 is 0 Å². The van der Waals surface area contributed by atoms with E-state index in [1.807, 2.05) is 0 Å². The van der Waals surface area contributed by atoms with Gasteiger partial charge in [0.1, 0.15) is 0 Å². The molecule has 1 aliphatic rings. The zero-order valence-electron chi connectivity index (χ0n) is 9.95. The van der Waals surface area contributed by atoms with E-state index in [1.165, 1.54) is 42.4 Å². The molecule has 0 spiro atoms. The second-order valence-corrected chi connectivity index (χ2v) is 5.62. The van der Waals surface area contributed by atoms with Crippen LogP contribution in [0.3, 0.4) is 0 Å². The minimum atomic E-state index is 0.981. The summed E-state index contributed by atoms with van der Waals surface area (Å²) >= 11 is 3.63. The minimum Gasteiger partial charge on any atom is -0.299 e. The summed E-state index contributed by atoms with van der Waals surface area (Å²) in [6.07, 6.45) is 4.13. The van der Waals surface area contributed by atoms with Crippen molar-refractivity contribution in [1.82, 2.24) is 4.90 Å². The van der Waals surface area contributed by atoms with E-state index in [1.54, 1.807) is 0 Å². The van der Waals surface area contributed by atoms with Gasteiger partial charge >= 0.3 is 0 Å². The van der Waals surface area contributed by atoms with Crippen molar-refractivity contribution in [3.05, 3.63) is 34.3 Å². The van der Waals surface area contributed by atoms with Crippen LogP contribution >= 0.6 is 15.9 Å². The van der Waals surface area contributed by atoms with Crippen molar-refractivity contribution in [2.24, 2.45) is 5.92 Å². The lowest BCUT2D eigenvalue weighted by atomic mass is 10.2. The molecule has 0 N–H and O–H groups in total. The maximum absolute atomic E-state index is 3.63. The van der Waals surface area contributed by atoms with Crippen LogP contribution in [0.15, 0.2) is 28.7 Å². The summed E-state index contributed by atoms with van der Waals surface area (Å²) in [6, 6.07) is 8.57. The summed E-state index contributed by atoms with van der Waals surface area (Å²) in [5.41, 5.74) is 1.41. The summed E-state index contributed by atoms with van der Waals surface area (Å²) in [4.78, 5) is 2.60. The van der Waals surface area contributed by atoms with Gasteiger partial charge in [0.25, 0.3) is 0 Å². The Morgan fingerprint density at radius 2 is 2.06 bits per heavy atom. The fourth-order valence-corrected chi connectivity index (χ4v) is 2.49. The van der Waals surface area contributed by atoms with E-state index in [0.29, 0.717) is 0 Å². The molecule has 0 saturated heterocycles. The van der Waals surface area contributed by atoms with Crippen LogP contribution in [0.25, 0.3) is 0 Å². The predicted molar refractivity (Wildman–Crippen MR) is 72.4 cm³/mol. The number of hydrogen-bond acceptors (Lipinski definition) is 1. The van der Waals surface area contributed by atoms with E-state index in [-0.39, 0.29) is 0 Å². The highest BCUT2D eigenvalue weighted by Gasteiger charge is 2.24. The van der Waals surface area contributed by atoms with Gasteiger partial charge in [-0.2, -0.15) is 0 Å². The third-order valence-corrected chi connectivity index (χ3v) is 3.88. The number of benzene rings is 1. The first-order chi connectivity index (χ1) is 7.79. The summed E-state index contributed by atoms with van der Waals surface area (Å²) in [5, 5.41) is 0. The minimum absolute atomic E-state index is 0.981. The Bertz CT molecular complexity index is 333. The lowest BCUT2D eigenvalue weighted by Gasteiger charge is -2.22. The van der Waals surface area contributed by atoms with Crippen LogP contribution in [0.5, 0.6) is 0 Å². The maximum atomic E-state index is 3.63. The summed E-state index contributed by atoms with van der Waals surface area (Å²) in [5.74, 6) is 0.981. The van der Waals surface area contributed by atoms with Crippen LogP contribution in [0.2, 0.25) is 0 Å². The van der Waals surface area contributed by atoms with Gasteiger partial charge in [-0.15, -0.1) is 0 Å². The van der Waals surface area contributed by atoms with E-state index in [0.717, 1.165) is 12.5 Å². The fourth-order valence-electron chi connectivity index (χ4n) is 2.08. The topological polar surface area (TPSA) is 3.24 Å². The van der Waals surface area contributed by atoms with Gasteiger partial charge < -0.3 is 0 Å². The maximum Gasteiger partial charge on any atom is 0.0245 e. The van der Waals surface area contributed by atoms with Crippen molar-refractivity contribution >= 4 is 15.9 Å². The Morgan fingerprint density at radius 1 is 1.31 bits per heavy atom. The van der Waals surface area contributed by atoms with Gasteiger partial charge in [-0.05, 0) is 43.4 Å². The molecular weight excluding hydrogens is 262 g/mol. The standard InChI is InChI=1S/C14H20BrN/c1-2-9-16(10-12-7-8-12)11-13-5-3-4-6-14(13)15/h3-6,12H,2,7-11H2,1H3. The summed E-state index contributed by atoms with van der Waals surface area (Å²) in [6.45, 7) is 5.86. The number of hydrogen-bond donors (Lipinski definition) is 0. The lowest BCUT2D eigenvalue weighted by molar-refractivity contribution is 0.254. The molecular formula is C14H20BrN. The third-order valence-electron chi connectivity index (χ3n) is 3.10. The van der Waals surface area contributed by atoms with E-state index >= 15 is 0 Å². The Labute approximate surface area is 107 Å². The molecule has 1 aromatic rings. The molecule has 0 bridgehead atoms. The molecule has 1 saturated carbocycles. The van der Waals surface area contributed by atoms with Crippen molar-refractivity contribution in [2.75, 3.05) is 13.1 Å². The smallest absolute Gasteiger partial charge is 0.0245 e. The largest absolute Gasteiger partial charge is 0.299 e. The van der Waals surface area contributed by atoms with Crippen LogP contribution in [0.1, 0.15) is 31.7 Å². The molecule has 88 valence electrons. The van der Waals surface area contributed by atoms with Crippen LogP contribution in [-0.2, 0) is 6.54 Å². The molecule has 1 fully saturated rings. The molecule has 16 heavy (non-hydrogen) atoms. The van der Waals surface area contributed by atoms with E-state index < -0.39 is 0 Å². The fraction of sp³-hybridized carbons (Fsp3) is 0.571. The van der Waals surface area contributed by atoms with Gasteiger partial charge in [-0.1, -0.05) is 41.1 Å². The van der Waals surface area contributed by atoms with E-state index in [9.17, 15) is 0 Å². The molecule has 0 unspecified atom stereocenters. The van der Waals surface area contributed by atoms with E-state index in [4.69, 9.17) is 0 Å². The first-order valence-electron chi connectivity index (χ1n) is 6.25. The highest BCUT2D eigenvalue weighted by molar-refractivity contribution is 9.10. The molecule has 2 heteroatoms. The summed E-state index contributed by atoms with van der Waals surface area (Å²) in [7, 11) is 0. The average Bonchev–Trinajstić information content (AvgIpc) is 3.06. The second-order valence-electron chi connectivity index (χ2n) is 4.77. The average molecular weight is 282 g/mol. The van der Waals surface area contributed by atoms with Gasteiger partial charge in [0.15, 0.2) is 0 Å². The lowest BCUT2D eigenvalue weighted by Crippen LogP contribution is -2.26. The zero-order chi connectivity index (χ0) is 11.4. The highest BCUT2D eigenvalue weighted by Crippen LogP contribution is 2.30. The second kappa shape index (κ2) is 5.83. The molecule has 0 atom stereocenters. The molecule has 1 aliphatic carbocycles. The van der Waals surface area contributed by atoms with Gasteiger partial charge in [-0.3, -0.25) is 4.90 Å². The number of halogens is 1. The Balaban J connectivity index is 1.95. The SMILES string of the molecule is CCCN(Cc1ccccc1Br)CC1CC1. The van der Waals surface area contributed by atoms with Crippen LogP contribution in [0, 0.1) is 5.92 Å². The Hall–Kier alpha value is -0.340. The normalized spacial score (nSPS) is 15.7. The third kappa shape index (κ3) is 3.60. The van der Waals surface area contributed by atoms with Crippen molar-refractivity contribution in [3.8, 4) is 0 Å². The first-order valence-corrected chi connectivity index (χ1v) is 7.04. The van der Waals surface area contributed by atoms with Crippen molar-refractivity contribution in [2.45, 2.75) is 32.7 Å². The van der Waals surface area contributed by atoms with Gasteiger partial charge in [-0.25, -0.2) is 0 Å². The molecule has 0 heterocycles. The molecule has 0 amide bonds. The molecule has 0 radical (unpaired) electrons. The number of nitrogens with zero attached hydrogens (tertiary/aromatic N) is 1. The van der Waals surface area contributed by atoms with Crippen molar-refractivity contribution in [3.63, 3.8) is 0 Å². The van der Waals surface area contributed by atoms with Gasteiger partial charge in [0.05, 0.1) is 0 Å². The Kier molecular flexibility index (Phi) is 4.42. The van der Waals surface area contributed by atoms with E-state index in [2.05, 4.69) is 52.0 Å². The molecule has 1 nitrogen and oxygen atoms in total. The highest BCUT2D eigenvalue weighted by atomic mass is 79.9. The van der Waals surface area contributed by atoms with Gasteiger partial charge in [0, 0.05) is 17.6 Å². The monoisotopic (exact) mass is 281 g/mol. The van der Waals surface area contributed by atoms with Crippen LogP contribution in [-0.4, -0.2) is 18.0 Å². The quantitative estimate of drug-likeness (QED) is 0.760. The number of rotatable bonds is 6. The molecule has 2 rings (SSSR count). The van der Waals surface area contributed by atoms with Gasteiger partial charge in [0.2, 0.25) is 0 Å². The molecule has 0 aromatic heterocycles. The molecule has 1 aromatic carbocycles. The first kappa shape index (κ1) is 12.1. The van der Waals surface area contributed by atoms with Crippen LogP contribution < -0.4 is 0 Å². The molecule has 0 aliphatic heterocycles. The summed E-state index contributed by atoms with van der Waals surface area (Å²) < 4.78 is 1.24. The van der Waals surface area contributed by atoms with Crippen molar-refractivity contribution in [1.29, 1.82) is 0 Å². The predicted octanol–water partition coefficient (Wildman–Crippen LogP) is 4.07.